The maximum atomic E-state index is 14.2. The van der Waals surface area contributed by atoms with Crippen molar-refractivity contribution in [3.63, 3.8) is 0 Å². The third-order valence-corrected chi connectivity index (χ3v) is 8.97. The zero-order valence-corrected chi connectivity index (χ0v) is 32.2. The van der Waals surface area contributed by atoms with Crippen LogP contribution in [0.5, 0.6) is 0 Å². The van der Waals surface area contributed by atoms with Crippen LogP contribution in [0.25, 0.3) is 10.9 Å². The molecule has 0 radical (unpaired) electrons. The molecule has 6 amide bonds. The number of carboxylic acid groups (broad SMARTS) is 2. The van der Waals surface area contributed by atoms with E-state index < -0.39 is 83.6 Å². The molecule has 23 nitrogen and oxygen atoms in total. The molecule has 2 heterocycles. The summed E-state index contributed by atoms with van der Waals surface area (Å²) in [5.74, 6) is -7.86. The molecule has 0 fully saturated rings. The van der Waals surface area contributed by atoms with Gasteiger partial charge in [-0.3, -0.25) is 38.6 Å². The average Bonchev–Trinajstić information content (AvgIpc) is 3.85. The zero-order chi connectivity index (χ0) is 43.6. The Morgan fingerprint density at radius 1 is 0.746 bits per heavy atom. The maximum absolute atomic E-state index is 14.2. The molecule has 0 saturated carbocycles. The van der Waals surface area contributed by atoms with Crippen molar-refractivity contribution in [3.05, 3.63) is 54.2 Å². The minimum Gasteiger partial charge on any atom is -0.481 e. The number of primary amides is 1. The van der Waals surface area contributed by atoms with E-state index in [0.29, 0.717) is 11.3 Å². The molecule has 0 aliphatic rings. The van der Waals surface area contributed by atoms with Gasteiger partial charge in [-0.25, -0.2) is 9.78 Å². The van der Waals surface area contributed by atoms with Gasteiger partial charge in [0, 0.05) is 61.2 Å². The van der Waals surface area contributed by atoms with Crippen molar-refractivity contribution < 1.29 is 48.6 Å². The topological polar surface area (TPSA) is 398 Å². The van der Waals surface area contributed by atoms with E-state index >= 15 is 0 Å². The van der Waals surface area contributed by atoms with Crippen LogP contribution in [0, 0.1) is 0 Å². The van der Waals surface area contributed by atoms with E-state index in [1.165, 1.54) is 19.4 Å². The van der Waals surface area contributed by atoms with Gasteiger partial charge in [-0.1, -0.05) is 18.2 Å². The average molecular weight is 826 g/mol. The molecular formula is C36H51N13O10. The first-order valence-corrected chi connectivity index (χ1v) is 18.5. The highest BCUT2D eigenvalue weighted by molar-refractivity contribution is 5.97. The summed E-state index contributed by atoms with van der Waals surface area (Å²) in [4.78, 5) is 116. The second kappa shape index (κ2) is 22.6. The number of amides is 6. The van der Waals surface area contributed by atoms with Gasteiger partial charge in [-0.2, -0.15) is 0 Å². The molecule has 0 saturated heterocycles. The van der Waals surface area contributed by atoms with Crippen molar-refractivity contribution in [1.29, 1.82) is 0 Å². The van der Waals surface area contributed by atoms with Gasteiger partial charge in [0.25, 0.3) is 0 Å². The van der Waals surface area contributed by atoms with Crippen LogP contribution in [0.3, 0.4) is 0 Å². The Morgan fingerprint density at radius 2 is 1.37 bits per heavy atom. The van der Waals surface area contributed by atoms with E-state index in [2.05, 4.69) is 46.5 Å². The number of hydrogen-bond donors (Lipinski definition) is 13. The fraction of sp³-hybridized carbons (Fsp3) is 0.444. The van der Waals surface area contributed by atoms with Gasteiger partial charge in [-0.15, -0.1) is 0 Å². The first-order chi connectivity index (χ1) is 27.9. The molecule has 320 valence electrons. The first kappa shape index (κ1) is 46.3. The largest absolute Gasteiger partial charge is 0.481 e. The molecule has 3 aromatic rings. The normalized spacial score (nSPS) is 14.0. The third-order valence-electron chi connectivity index (χ3n) is 8.97. The van der Waals surface area contributed by atoms with Gasteiger partial charge in [0.2, 0.25) is 35.4 Å². The van der Waals surface area contributed by atoms with Crippen LogP contribution < -0.4 is 49.5 Å². The quantitative estimate of drug-likeness (QED) is 0.0226. The number of imidazole rings is 1. The number of benzene rings is 1. The molecule has 2 aromatic heterocycles. The lowest BCUT2D eigenvalue weighted by Gasteiger charge is -2.26. The van der Waals surface area contributed by atoms with Crippen molar-refractivity contribution in [1.82, 2.24) is 41.5 Å². The number of nitrogens with zero attached hydrogens (tertiary/aromatic N) is 2. The number of carbonyl (C=O) groups is 8. The number of aliphatic imine (C=N–C) groups is 1. The molecule has 17 N–H and O–H groups in total. The van der Waals surface area contributed by atoms with Crippen molar-refractivity contribution in [3.8, 4) is 0 Å². The van der Waals surface area contributed by atoms with Gasteiger partial charge >= 0.3 is 11.9 Å². The smallest absolute Gasteiger partial charge is 0.326 e. The summed E-state index contributed by atoms with van der Waals surface area (Å²) in [7, 11) is 0. The Balaban J connectivity index is 1.91. The van der Waals surface area contributed by atoms with E-state index in [4.69, 9.17) is 28.0 Å². The van der Waals surface area contributed by atoms with Crippen LogP contribution in [0.1, 0.15) is 56.7 Å². The van der Waals surface area contributed by atoms with E-state index in [9.17, 15) is 43.5 Å². The number of para-hydroxylation sites is 1. The van der Waals surface area contributed by atoms with E-state index in [-0.39, 0.29) is 63.9 Å². The number of aromatic nitrogens is 3. The lowest BCUT2D eigenvalue weighted by molar-refractivity contribution is -0.142. The summed E-state index contributed by atoms with van der Waals surface area (Å²) in [6, 6.07) is -0.979. The Labute approximate surface area is 337 Å². The second-order valence-corrected chi connectivity index (χ2v) is 13.7. The molecule has 1 aromatic carbocycles. The third kappa shape index (κ3) is 15.4. The minimum atomic E-state index is -1.53. The molecule has 3 rings (SSSR count). The molecular weight excluding hydrogens is 774 g/mol. The van der Waals surface area contributed by atoms with Crippen molar-refractivity contribution in [2.75, 3.05) is 6.54 Å². The zero-order valence-electron chi connectivity index (χ0n) is 32.2. The number of fused-ring (bicyclic) bond motifs is 1. The van der Waals surface area contributed by atoms with Crippen molar-refractivity contribution in [2.45, 2.75) is 94.5 Å². The lowest BCUT2D eigenvalue weighted by Crippen LogP contribution is -2.59. The minimum absolute atomic E-state index is 0.0443. The summed E-state index contributed by atoms with van der Waals surface area (Å²) < 4.78 is 0. The van der Waals surface area contributed by atoms with E-state index in [1.807, 2.05) is 6.07 Å². The summed E-state index contributed by atoms with van der Waals surface area (Å²) in [5.41, 5.74) is 23.5. The van der Waals surface area contributed by atoms with Crippen LogP contribution >= 0.6 is 0 Å². The van der Waals surface area contributed by atoms with E-state index in [0.717, 1.165) is 10.9 Å². The maximum Gasteiger partial charge on any atom is 0.326 e. The van der Waals surface area contributed by atoms with Gasteiger partial charge in [0.05, 0.1) is 12.4 Å². The Hall–Kier alpha value is -7.04. The number of guanidine groups is 1. The molecule has 0 spiro atoms. The number of nitrogens with two attached hydrogens (primary N) is 4. The molecule has 0 aliphatic heterocycles. The van der Waals surface area contributed by atoms with Gasteiger partial charge in [-0.05, 0) is 44.2 Å². The van der Waals surface area contributed by atoms with Crippen LogP contribution in [-0.2, 0) is 51.2 Å². The fourth-order valence-corrected chi connectivity index (χ4v) is 5.78. The van der Waals surface area contributed by atoms with Gasteiger partial charge in [0.15, 0.2) is 5.96 Å². The predicted molar refractivity (Wildman–Crippen MR) is 210 cm³/mol. The number of carboxylic acids is 2. The van der Waals surface area contributed by atoms with Gasteiger partial charge in [0.1, 0.15) is 30.2 Å². The highest BCUT2D eigenvalue weighted by Crippen LogP contribution is 2.19. The number of H-pyrrole nitrogens is 2. The van der Waals surface area contributed by atoms with Crippen molar-refractivity contribution >= 4 is 64.2 Å². The SMILES string of the molecule is C[C@H](NC(=O)[C@@H](N)CCC(=O)O)C(=O)N[C@@H](Cc1c[nH]c2ccccc12)C(=O)N[C@@H](Cc1cnc[nH]1)C(=O)N[C@@H](CCCN=C(N)N)C(=O)N[C@@H](CCC(N)=O)C(=O)O. The number of rotatable bonds is 25. The molecule has 6 atom stereocenters. The molecule has 0 aliphatic carbocycles. The summed E-state index contributed by atoms with van der Waals surface area (Å²) in [6.45, 7) is 1.39. The monoisotopic (exact) mass is 825 g/mol. The molecule has 23 heteroatoms. The number of aliphatic carboxylic acids is 2. The van der Waals surface area contributed by atoms with E-state index in [1.54, 1.807) is 24.4 Å². The van der Waals surface area contributed by atoms with Gasteiger partial charge < -0.3 is 69.7 Å². The molecule has 0 unspecified atom stereocenters. The van der Waals surface area contributed by atoms with Crippen LogP contribution in [-0.4, -0.2) is 121 Å². The number of hydrogen-bond acceptors (Lipinski definition) is 11. The summed E-state index contributed by atoms with van der Waals surface area (Å²) >= 11 is 0. The first-order valence-electron chi connectivity index (χ1n) is 18.5. The van der Waals surface area contributed by atoms with Crippen LogP contribution in [0.4, 0.5) is 0 Å². The Morgan fingerprint density at radius 3 is 2.00 bits per heavy atom. The second-order valence-electron chi connectivity index (χ2n) is 13.7. The highest BCUT2D eigenvalue weighted by Gasteiger charge is 2.33. The fourth-order valence-electron chi connectivity index (χ4n) is 5.78. The van der Waals surface area contributed by atoms with Crippen molar-refractivity contribution in [2.24, 2.45) is 27.9 Å². The summed E-state index contributed by atoms with van der Waals surface area (Å²) in [5, 5.41) is 31.9. The number of carbonyl (C=O) groups excluding carboxylic acids is 6. The predicted octanol–water partition coefficient (Wildman–Crippen LogP) is -3.28. The number of aromatic amines is 2. The van der Waals surface area contributed by atoms with Crippen LogP contribution in [0.2, 0.25) is 0 Å². The summed E-state index contributed by atoms with van der Waals surface area (Å²) in [6.07, 6.45) is 2.92. The highest BCUT2D eigenvalue weighted by atomic mass is 16.4. The Bertz CT molecular complexity index is 1980. The number of nitrogens with one attached hydrogen (secondary N) is 7. The van der Waals surface area contributed by atoms with Crippen LogP contribution in [0.15, 0.2) is 48.0 Å². The Kier molecular flexibility index (Phi) is 17.8. The standard InChI is InChI=1S/C36H51N13O10/c1-18(45-31(54)22(37)8-11-29(51)52)30(53)48-26(13-19-15-43-23-6-3-2-5-21(19)23)33(56)49-27(14-20-16-41-17-44-20)34(57)46-24(7-4-12-42-36(39)40)32(55)47-25(35(58)59)9-10-28(38)50/h2-3,5-6,15-18,22,24-27,43H,4,7-14,37H2,1H3,(H2,38,50)(H,41,44)(H,45,54)(H,46,57)(H,47,55)(H,48,53)(H,49,56)(H,51,52)(H,58,59)(H4,39,40,42)/t18-,22-,24-,25-,26-,27-/m0/s1. The molecule has 59 heavy (non-hydrogen) atoms. The molecule has 0 bridgehead atoms. The lowest BCUT2D eigenvalue weighted by atomic mass is 10.0.